The van der Waals surface area contributed by atoms with Gasteiger partial charge in [-0.15, -0.1) is 0 Å². The summed E-state index contributed by atoms with van der Waals surface area (Å²) in [6.45, 7) is 1.81. The minimum absolute atomic E-state index is 0.0216. The fourth-order valence-corrected chi connectivity index (χ4v) is 1.78. The van der Waals surface area contributed by atoms with Gasteiger partial charge >= 0.3 is 0 Å². The van der Waals surface area contributed by atoms with E-state index in [1.165, 1.54) is 12.3 Å². The third-order valence-corrected chi connectivity index (χ3v) is 2.79. The Morgan fingerprint density at radius 2 is 2.31 bits per heavy atom. The lowest BCUT2D eigenvalue weighted by Crippen LogP contribution is -2.44. The van der Waals surface area contributed by atoms with Gasteiger partial charge in [-0.3, -0.25) is 10.1 Å². The van der Waals surface area contributed by atoms with Gasteiger partial charge < -0.3 is 11.1 Å². The molecule has 0 spiro atoms. The number of nitro groups is 1. The van der Waals surface area contributed by atoms with Gasteiger partial charge in [-0.1, -0.05) is 0 Å². The van der Waals surface area contributed by atoms with Gasteiger partial charge in [0, 0.05) is 18.2 Å². The Kier molecular flexibility index (Phi) is 2.74. The summed E-state index contributed by atoms with van der Waals surface area (Å²) in [4.78, 5) is 14.1. The lowest BCUT2D eigenvalue weighted by atomic mass is 9.87. The number of aromatic nitrogens is 1. The first-order valence-corrected chi connectivity index (χ1v) is 5.19. The summed E-state index contributed by atoms with van der Waals surface area (Å²) in [5, 5.41) is 13.8. The fraction of sp³-hybridized carbons (Fsp3) is 0.500. The number of rotatable bonds is 3. The molecule has 0 aliphatic heterocycles. The lowest BCUT2D eigenvalue weighted by Gasteiger charge is -2.33. The maximum Gasteiger partial charge on any atom is 0.287 e. The summed E-state index contributed by atoms with van der Waals surface area (Å²) in [5.41, 5.74) is 6.48. The molecule has 1 aliphatic carbocycles. The summed E-state index contributed by atoms with van der Waals surface area (Å²) in [5.74, 6) is 0.711. The van der Waals surface area contributed by atoms with Crippen molar-refractivity contribution in [2.24, 2.45) is 5.73 Å². The van der Waals surface area contributed by atoms with Gasteiger partial charge in [0.05, 0.1) is 4.92 Å². The van der Waals surface area contributed by atoms with Crippen molar-refractivity contribution in [1.82, 2.24) is 4.98 Å². The first-order chi connectivity index (χ1) is 7.56. The number of anilines is 1. The summed E-state index contributed by atoms with van der Waals surface area (Å²) >= 11 is 0. The van der Waals surface area contributed by atoms with Crippen LogP contribution in [0.4, 0.5) is 11.5 Å². The molecular formula is C10H14N4O2. The van der Waals surface area contributed by atoms with Crippen LogP contribution in [0.3, 0.4) is 0 Å². The van der Waals surface area contributed by atoms with E-state index in [1.807, 2.05) is 0 Å². The predicted molar refractivity (Wildman–Crippen MR) is 60.2 cm³/mol. The lowest BCUT2D eigenvalue weighted by molar-refractivity contribution is -0.385. The molecule has 6 nitrogen and oxygen atoms in total. The van der Waals surface area contributed by atoms with Crippen LogP contribution < -0.4 is 11.1 Å². The number of nitrogens with two attached hydrogens (primary N) is 1. The van der Waals surface area contributed by atoms with Crippen LogP contribution in [0.25, 0.3) is 0 Å². The molecule has 0 radical (unpaired) electrons. The average Bonchev–Trinajstić information content (AvgIpc) is 2.18. The van der Waals surface area contributed by atoms with Gasteiger partial charge in [0.2, 0.25) is 0 Å². The van der Waals surface area contributed by atoms with Crippen molar-refractivity contribution in [2.45, 2.75) is 31.8 Å². The van der Waals surface area contributed by atoms with Crippen molar-refractivity contribution in [3.8, 4) is 0 Å². The van der Waals surface area contributed by atoms with Crippen LogP contribution in [0, 0.1) is 17.0 Å². The van der Waals surface area contributed by atoms with Crippen LogP contribution in [0.5, 0.6) is 0 Å². The second kappa shape index (κ2) is 4.05. The summed E-state index contributed by atoms with van der Waals surface area (Å²) in [7, 11) is 0. The van der Waals surface area contributed by atoms with Gasteiger partial charge in [0.25, 0.3) is 5.69 Å². The quantitative estimate of drug-likeness (QED) is 0.592. The number of pyridine rings is 1. The van der Waals surface area contributed by atoms with Gasteiger partial charge in [-0.05, 0) is 25.3 Å². The Hall–Kier alpha value is -1.69. The number of nitrogens with one attached hydrogen (secondary N) is 1. The van der Waals surface area contributed by atoms with E-state index >= 15 is 0 Å². The van der Waals surface area contributed by atoms with E-state index in [1.54, 1.807) is 6.92 Å². The molecule has 86 valence electrons. The molecule has 0 aromatic carbocycles. The molecule has 0 saturated heterocycles. The Balaban J connectivity index is 2.07. The molecule has 1 heterocycles. The zero-order valence-electron chi connectivity index (χ0n) is 9.01. The summed E-state index contributed by atoms with van der Waals surface area (Å²) in [6, 6.07) is 2.15. The monoisotopic (exact) mass is 222 g/mol. The van der Waals surface area contributed by atoms with Crippen LogP contribution in [-0.4, -0.2) is 22.0 Å². The van der Waals surface area contributed by atoms with E-state index in [0.29, 0.717) is 11.9 Å². The van der Waals surface area contributed by atoms with Crippen molar-refractivity contribution in [3.05, 3.63) is 27.9 Å². The first-order valence-electron chi connectivity index (χ1n) is 5.19. The molecule has 3 N–H and O–H groups in total. The standard InChI is InChI=1S/C10H14N4O2/c1-6-2-9(14(15)16)5-12-10(6)13-8-3-7(11)4-8/h2,5,7-8H,3-4,11H2,1H3,(H,12,13). The first kappa shape index (κ1) is 10.8. The highest BCUT2D eigenvalue weighted by molar-refractivity contribution is 5.49. The molecule has 0 unspecified atom stereocenters. The maximum atomic E-state index is 10.5. The molecule has 0 atom stereocenters. The summed E-state index contributed by atoms with van der Waals surface area (Å²) < 4.78 is 0. The second-order valence-corrected chi connectivity index (χ2v) is 4.19. The zero-order chi connectivity index (χ0) is 11.7. The number of aryl methyl sites for hydroxylation is 1. The minimum atomic E-state index is -0.441. The van der Waals surface area contributed by atoms with E-state index in [2.05, 4.69) is 10.3 Å². The zero-order valence-corrected chi connectivity index (χ0v) is 9.01. The minimum Gasteiger partial charge on any atom is -0.367 e. The Morgan fingerprint density at radius 3 is 2.81 bits per heavy atom. The molecule has 0 amide bonds. The van der Waals surface area contributed by atoms with E-state index in [9.17, 15) is 10.1 Å². The fourth-order valence-electron chi connectivity index (χ4n) is 1.78. The largest absolute Gasteiger partial charge is 0.367 e. The third-order valence-electron chi connectivity index (χ3n) is 2.79. The molecule has 1 aromatic rings. The number of hydrogen-bond acceptors (Lipinski definition) is 5. The molecule has 6 heteroatoms. The highest BCUT2D eigenvalue weighted by Gasteiger charge is 2.26. The Morgan fingerprint density at radius 1 is 1.62 bits per heavy atom. The molecule has 16 heavy (non-hydrogen) atoms. The van der Waals surface area contributed by atoms with Gasteiger partial charge in [-0.25, -0.2) is 4.98 Å². The van der Waals surface area contributed by atoms with Crippen molar-refractivity contribution in [2.75, 3.05) is 5.32 Å². The van der Waals surface area contributed by atoms with Crippen molar-refractivity contribution in [3.63, 3.8) is 0 Å². The van der Waals surface area contributed by atoms with Crippen LogP contribution in [-0.2, 0) is 0 Å². The van der Waals surface area contributed by atoms with Crippen molar-refractivity contribution < 1.29 is 4.92 Å². The summed E-state index contributed by atoms with van der Waals surface area (Å²) in [6.07, 6.45) is 3.13. The van der Waals surface area contributed by atoms with Crippen LogP contribution in [0.15, 0.2) is 12.3 Å². The Labute approximate surface area is 93.0 Å². The van der Waals surface area contributed by atoms with Crippen molar-refractivity contribution in [1.29, 1.82) is 0 Å². The molecular weight excluding hydrogens is 208 g/mol. The van der Waals surface area contributed by atoms with E-state index in [4.69, 9.17) is 5.73 Å². The normalized spacial score (nSPS) is 23.6. The van der Waals surface area contributed by atoms with E-state index < -0.39 is 4.92 Å². The number of hydrogen-bond donors (Lipinski definition) is 2. The highest BCUT2D eigenvalue weighted by atomic mass is 16.6. The van der Waals surface area contributed by atoms with E-state index in [0.717, 1.165) is 18.4 Å². The smallest absolute Gasteiger partial charge is 0.287 e. The number of nitrogens with zero attached hydrogens (tertiary/aromatic N) is 2. The van der Waals surface area contributed by atoms with Gasteiger partial charge in [0.1, 0.15) is 12.0 Å². The van der Waals surface area contributed by atoms with Crippen molar-refractivity contribution >= 4 is 11.5 Å². The maximum absolute atomic E-state index is 10.5. The molecule has 1 fully saturated rings. The van der Waals surface area contributed by atoms with Crippen LogP contribution >= 0.6 is 0 Å². The Bertz CT molecular complexity index is 415. The van der Waals surface area contributed by atoms with Gasteiger partial charge in [-0.2, -0.15) is 0 Å². The van der Waals surface area contributed by atoms with E-state index in [-0.39, 0.29) is 11.7 Å². The molecule has 1 aliphatic rings. The molecule has 0 bridgehead atoms. The van der Waals surface area contributed by atoms with Crippen LogP contribution in [0.1, 0.15) is 18.4 Å². The third kappa shape index (κ3) is 2.11. The molecule has 1 saturated carbocycles. The van der Waals surface area contributed by atoms with Crippen LogP contribution in [0.2, 0.25) is 0 Å². The molecule has 1 aromatic heterocycles. The second-order valence-electron chi connectivity index (χ2n) is 4.19. The average molecular weight is 222 g/mol. The topological polar surface area (TPSA) is 94.1 Å². The highest BCUT2D eigenvalue weighted by Crippen LogP contribution is 2.24. The van der Waals surface area contributed by atoms with Gasteiger partial charge in [0.15, 0.2) is 0 Å². The SMILES string of the molecule is Cc1cc([N+](=O)[O-])cnc1NC1CC(N)C1. The predicted octanol–water partition coefficient (Wildman–Crippen LogP) is 1.20. The molecule has 2 rings (SSSR count).